The second kappa shape index (κ2) is 10.2. The molecular weight excluding hydrogens is 410 g/mol. The molecule has 0 aliphatic heterocycles. The first-order valence-electron chi connectivity index (χ1n) is 9.56. The highest BCUT2D eigenvalue weighted by Gasteiger charge is 2.24. The highest BCUT2D eigenvalue weighted by Crippen LogP contribution is 2.28. The molecule has 29 heavy (non-hydrogen) atoms. The van der Waals surface area contributed by atoms with E-state index in [2.05, 4.69) is 14.9 Å². The van der Waals surface area contributed by atoms with Crippen LogP contribution in [-0.4, -0.2) is 38.9 Å². The lowest BCUT2D eigenvalue weighted by Crippen LogP contribution is -2.38. The number of aryl methyl sites for hydroxylation is 1. The first kappa shape index (κ1) is 23.3. The van der Waals surface area contributed by atoms with Gasteiger partial charge in [-0.05, 0) is 49.3 Å². The second-order valence-corrected chi connectivity index (χ2v) is 8.91. The minimum absolute atomic E-state index is 0.140. The summed E-state index contributed by atoms with van der Waals surface area (Å²) in [6.07, 6.45) is 0. The van der Waals surface area contributed by atoms with Crippen molar-refractivity contribution in [3.63, 3.8) is 0 Å². The van der Waals surface area contributed by atoms with E-state index in [4.69, 9.17) is 11.6 Å². The molecule has 2 N–H and O–H groups in total. The van der Waals surface area contributed by atoms with Crippen LogP contribution in [0.1, 0.15) is 37.9 Å². The van der Waals surface area contributed by atoms with Gasteiger partial charge in [-0.3, -0.25) is 9.69 Å². The average molecular weight is 438 g/mol. The van der Waals surface area contributed by atoms with Gasteiger partial charge in [-0.2, -0.15) is 0 Å². The fraction of sp³-hybridized carbons (Fsp3) is 0.381. The van der Waals surface area contributed by atoms with Crippen molar-refractivity contribution >= 4 is 33.2 Å². The minimum Gasteiger partial charge on any atom is -0.326 e. The van der Waals surface area contributed by atoms with E-state index >= 15 is 0 Å². The molecule has 0 radical (unpaired) electrons. The van der Waals surface area contributed by atoms with Gasteiger partial charge < -0.3 is 5.32 Å². The molecule has 0 aliphatic rings. The third-order valence-corrected chi connectivity index (χ3v) is 6.69. The van der Waals surface area contributed by atoms with Crippen molar-refractivity contribution in [2.24, 2.45) is 0 Å². The van der Waals surface area contributed by atoms with Gasteiger partial charge in [-0.25, -0.2) is 13.1 Å². The first-order chi connectivity index (χ1) is 13.7. The molecule has 0 saturated carbocycles. The Hall–Kier alpha value is -1.93. The van der Waals surface area contributed by atoms with E-state index in [-0.39, 0.29) is 23.4 Å². The fourth-order valence-electron chi connectivity index (χ4n) is 3.28. The summed E-state index contributed by atoms with van der Waals surface area (Å²) in [5, 5.41) is 3.23. The average Bonchev–Trinajstić information content (AvgIpc) is 2.67. The van der Waals surface area contributed by atoms with Gasteiger partial charge in [0.1, 0.15) is 0 Å². The summed E-state index contributed by atoms with van der Waals surface area (Å²) in [6, 6.07) is 12.1. The van der Waals surface area contributed by atoms with Gasteiger partial charge >= 0.3 is 0 Å². The molecule has 1 atom stereocenters. The van der Waals surface area contributed by atoms with E-state index in [9.17, 15) is 13.2 Å². The molecule has 0 spiro atoms. The third kappa shape index (κ3) is 6.02. The molecule has 1 amide bonds. The standard InChI is InChI=1S/C21H28ClN3O3S/c1-5-25(6-2)20(18-9-7-8-10-19(18)22)14-23-29(27,28)21-13-17(24-16(4)26)12-11-15(21)3/h7-13,20,23H,5-6,14H2,1-4H3,(H,24,26). The lowest BCUT2D eigenvalue weighted by Gasteiger charge is -2.31. The van der Waals surface area contributed by atoms with Gasteiger partial charge in [-0.1, -0.05) is 49.7 Å². The molecule has 8 heteroatoms. The monoisotopic (exact) mass is 437 g/mol. The first-order valence-corrected chi connectivity index (χ1v) is 11.4. The molecule has 0 aliphatic carbocycles. The number of likely N-dealkylation sites (N-methyl/N-ethyl adjacent to an activating group) is 1. The predicted octanol–water partition coefficient (Wildman–Crippen LogP) is 3.97. The zero-order valence-corrected chi connectivity index (χ0v) is 18.8. The largest absolute Gasteiger partial charge is 0.326 e. The molecule has 158 valence electrons. The van der Waals surface area contributed by atoms with Crippen LogP contribution in [-0.2, 0) is 14.8 Å². The normalized spacial score (nSPS) is 12.8. The summed E-state index contributed by atoms with van der Waals surface area (Å²) in [5.74, 6) is -0.259. The number of halogens is 1. The summed E-state index contributed by atoms with van der Waals surface area (Å²) in [6.45, 7) is 8.85. The fourth-order valence-corrected chi connectivity index (χ4v) is 4.85. The predicted molar refractivity (Wildman–Crippen MR) is 118 cm³/mol. The molecule has 0 aromatic heterocycles. The molecule has 0 heterocycles. The molecule has 0 bridgehead atoms. The van der Waals surface area contributed by atoms with Gasteiger partial charge in [0, 0.05) is 30.2 Å². The summed E-state index contributed by atoms with van der Waals surface area (Å²) in [4.78, 5) is 13.6. The van der Waals surface area contributed by atoms with Crippen LogP contribution in [0.4, 0.5) is 5.69 Å². The number of hydrogen-bond donors (Lipinski definition) is 2. The van der Waals surface area contributed by atoms with Crippen molar-refractivity contribution in [2.75, 3.05) is 25.0 Å². The smallest absolute Gasteiger partial charge is 0.240 e. The van der Waals surface area contributed by atoms with Crippen LogP contribution in [0.3, 0.4) is 0 Å². The van der Waals surface area contributed by atoms with Crippen LogP contribution in [0.15, 0.2) is 47.4 Å². The van der Waals surface area contributed by atoms with E-state index in [0.29, 0.717) is 16.3 Å². The second-order valence-electron chi connectivity index (χ2n) is 6.77. The van der Waals surface area contributed by atoms with Crippen molar-refractivity contribution in [2.45, 2.75) is 38.6 Å². The summed E-state index contributed by atoms with van der Waals surface area (Å²) in [7, 11) is -3.79. The number of carbonyl (C=O) groups excluding carboxylic acids is 1. The van der Waals surface area contributed by atoms with Gasteiger partial charge in [0.25, 0.3) is 0 Å². The Morgan fingerprint density at radius 3 is 2.38 bits per heavy atom. The molecule has 1 unspecified atom stereocenters. The molecular formula is C21H28ClN3O3S. The zero-order valence-electron chi connectivity index (χ0n) is 17.2. The Labute approximate surface area is 178 Å². The Bertz CT molecular complexity index is 959. The van der Waals surface area contributed by atoms with Gasteiger partial charge in [0.2, 0.25) is 15.9 Å². The maximum atomic E-state index is 13.0. The van der Waals surface area contributed by atoms with Crippen LogP contribution in [0, 0.1) is 6.92 Å². The lowest BCUT2D eigenvalue weighted by molar-refractivity contribution is -0.114. The van der Waals surface area contributed by atoms with Crippen LogP contribution in [0.2, 0.25) is 5.02 Å². The third-order valence-electron chi connectivity index (χ3n) is 4.78. The van der Waals surface area contributed by atoms with Crippen molar-refractivity contribution in [1.29, 1.82) is 0 Å². The number of rotatable bonds is 9. The maximum absolute atomic E-state index is 13.0. The van der Waals surface area contributed by atoms with Crippen molar-refractivity contribution in [3.05, 3.63) is 58.6 Å². The van der Waals surface area contributed by atoms with Gasteiger partial charge in [0.15, 0.2) is 0 Å². The number of nitrogens with zero attached hydrogens (tertiary/aromatic N) is 1. The Morgan fingerprint density at radius 1 is 1.14 bits per heavy atom. The van der Waals surface area contributed by atoms with Crippen LogP contribution in [0.5, 0.6) is 0 Å². The van der Waals surface area contributed by atoms with E-state index < -0.39 is 10.0 Å². The molecule has 6 nitrogen and oxygen atoms in total. The molecule has 2 aromatic carbocycles. The SMILES string of the molecule is CCN(CC)C(CNS(=O)(=O)c1cc(NC(C)=O)ccc1C)c1ccccc1Cl. The number of sulfonamides is 1. The Morgan fingerprint density at radius 2 is 1.79 bits per heavy atom. The van der Waals surface area contributed by atoms with Crippen molar-refractivity contribution in [1.82, 2.24) is 9.62 Å². The Balaban J connectivity index is 2.33. The minimum atomic E-state index is -3.79. The number of benzene rings is 2. The highest BCUT2D eigenvalue weighted by molar-refractivity contribution is 7.89. The molecule has 0 fully saturated rings. The molecule has 2 rings (SSSR count). The van der Waals surface area contributed by atoms with Gasteiger partial charge in [0.05, 0.1) is 4.90 Å². The number of carbonyl (C=O) groups is 1. The van der Waals surface area contributed by atoms with E-state index in [1.165, 1.54) is 13.0 Å². The number of amides is 1. The summed E-state index contributed by atoms with van der Waals surface area (Å²) >= 11 is 6.39. The maximum Gasteiger partial charge on any atom is 0.240 e. The number of nitrogens with one attached hydrogen (secondary N) is 2. The van der Waals surface area contributed by atoms with E-state index in [1.807, 2.05) is 38.1 Å². The molecule has 2 aromatic rings. The highest BCUT2D eigenvalue weighted by atomic mass is 35.5. The Kier molecular flexibility index (Phi) is 8.22. The van der Waals surface area contributed by atoms with E-state index in [0.717, 1.165) is 18.7 Å². The van der Waals surface area contributed by atoms with Crippen LogP contribution >= 0.6 is 11.6 Å². The lowest BCUT2D eigenvalue weighted by atomic mass is 10.1. The summed E-state index contributed by atoms with van der Waals surface area (Å²) in [5.41, 5.74) is 1.92. The van der Waals surface area contributed by atoms with E-state index in [1.54, 1.807) is 19.1 Å². The number of anilines is 1. The van der Waals surface area contributed by atoms with Crippen molar-refractivity contribution < 1.29 is 13.2 Å². The number of hydrogen-bond acceptors (Lipinski definition) is 4. The van der Waals surface area contributed by atoms with Crippen LogP contribution in [0.25, 0.3) is 0 Å². The summed E-state index contributed by atoms with van der Waals surface area (Å²) < 4.78 is 28.8. The van der Waals surface area contributed by atoms with Gasteiger partial charge in [-0.15, -0.1) is 0 Å². The molecule has 0 saturated heterocycles. The van der Waals surface area contributed by atoms with Crippen molar-refractivity contribution in [3.8, 4) is 0 Å². The zero-order chi connectivity index (χ0) is 21.6. The van der Waals surface area contributed by atoms with Crippen LogP contribution < -0.4 is 10.0 Å². The topological polar surface area (TPSA) is 78.5 Å². The quantitative estimate of drug-likeness (QED) is 0.622.